The molecule has 0 radical (unpaired) electrons. The second kappa shape index (κ2) is 7.83. The smallest absolute Gasteiger partial charge is 0.117 e. The molecular formula is C22H28N2O. The highest BCUT2D eigenvalue weighted by atomic mass is 16.5. The first-order valence-corrected chi connectivity index (χ1v) is 9.13. The van der Waals surface area contributed by atoms with Crippen molar-refractivity contribution in [2.75, 3.05) is 13.7 Å². The molecule has 3 aromatic rings. The third-order valence-corrected chi connectivity index (χ3v) is 4.71. The van der Waals surface area contributed by atoms with Gasteiger partial charge >= 0.3 is 0 Å². The van der Waals surface area contributed by atoms with Crippen LogP contribution in [-0.4, -0.2) is 23.3 Å². The van der Waals surface area contributed by atoms with Gasteiger partial charge in [0.15, 0.2) is 0 Å². The highest BCUT2D eigenvalue weighted by molar-refractivity contribution is 5.76. The summed E-state index contributed by atoms with van der Waals surface area (Å²) in [6.45, 7) is 8.26. The number of imidazole rings is 1. The topological polar surface area (TPSA) is 27.1 Å². The first-order valence-electron chi connectivity index (χ1n) is 9.13. The number of hydrogen-bond acceptors (Lipinski definition) is 2. The number of rotatable bonds is 7. The molecule has 0 saturated heterocycles. The van der Waals surface area contributed by atoms with Gasteiger partial charge in [-0.05, 0) is 35.6 Å². The summed E-state index contributed by atoms with van der Waals surface area (Å²) in [5, 5.41) is 0. The molecule has 0 bridgehead atoms. The van der Waals surface area contributed by atoms with Gasteiger partial charge in [-0.25, -0.2) is 4.98 Å². The van der Waals surface area contributed by atoms with E-state index in [0.29, 0.717) is 12.5 Å². The molecule has 1 aromatic heterocycles. The van der Waals surface area contributed by atoms with E-state index in [0.717, 1.165) is 24.3 Å². The van der Waals surface area contributed by atoms with E-state index in [-0.39, 0.29) is 5.92 Å². The summed E-state index contributed by atoms with van der Waals surface area (Å²) in [7, 11) is 1.75. The van der Waals surface area contributed by atoms with Gasteiger partial charge in [0.2, 0.25) is 0 Å². The molecule has 0 saturated carbocycles. The maximum atomic E-state index is 5.31. The molecule has 0 spiro atoms. The fourth-order valence-electron chi connectivity index (χ4n) is 3.41. The van der Waals surface area contributed by atoms with E-state index in [1.165, 1.54) is 16.6 Å². The van der Waals surface area contributed by atoms with Crippen molar-refractivity contribution in [3.05, 3.63) is 65.5 Å². The molecule has 0 aliphatic carbocycles. The number of aromatic nitrogens is 2. The number of nitrogens with zero attached hydrogens (tertiary/aromatic N) is 2. The largest absolute Gasteiger partial charge is 0.383 e. The van der Waals surface area contributed by atoms with Gasteiger partial charge in [-0.3, -0.25) is 0 Å². The Bertz CT molecular complexity index is 818. The second-order valence-corrected chi connectivity index (χ2v) is 7.16. The number of ether oxygens (including phenoxy) is 1. The van der Waals surface area contributed by atoms with Crippen molar-refractivity contribution >= 4 is 11.0 Å². The Morgan fingerprint density at radius 3 is 2.40 bits per heavy atom. The maximum Gasteiger partial charge on any atom is 0.117 e. The van der Waals surface area contributed by atoms with Crippen LogP contribution >= 0.6 is 0 Å². The maximum absolute atomic E-state index is 5.31. The Hall–Kier alpha value is -2.13. The Labute approximate surface area is 150 Å². The minimum absolute atomic E-state index is 0.248. The predicted octanol–water partition coefficient (Wildman–Crippen LogP) is 5.03. The highest BCUT2D eigenvalue weighted by Gasteiger charge is 2.18. The minimum atomic E-state index is 0.248. The molecule has 0 aliphatic rings. The lowest BCUT2D eigenvalue weighted by Crippen LogP contribution is -2.11. The van der Waals surface area contributed by atoms with Gasteiger partial charge in [0.05, 0.1) is 17.6 Å². The monoisotopic (exact) mass is 336 g/mol. The van der Waals surface area contributed by atoms with E-state index in [1.54, 1.807) is 7.11 Å². The number of methoxy groups -OCH3 is 1. The van der Waals surface area contributed by atoms with Crippen LogP contribution < -0.4 is 0 Å². The van der Waals surface area contributed by atoms with Crippen LogP contribution in [0, 0.1) is 5.92 Å². The molecule has 25 heavy (non-hydrogen) atoms. The number of benzene rings is 2. The summed E-state index contributed by atoms with van der Waals surface area (Å²) in [6, 6.07) is 17.4. The van der Waals surface area contributed by atoms with Crippen molar-refractivity contribution < 1.29 is 4.74 Å². The van der Waals surface area contributed by atoms with Crippen LogP contribution in [0.4, 0.5) is 0 Å². The van der Waals surface area contributed by atoms with E-state index < -0.39 is 0 Å². The third-order valence-electron chi connectivity index (χ3n) is 4.71. The minimum Gasteiger partial charge on any atom is -0.383 e. The Balaban J connectivity index is 1.94. The van der Waals surface area contributed by atoms with Crippen LogP contribution in [0.25, 0.3) is 11.0 Å². The van der Waals surface area contributed by atoms with Crippen LogP contribution in [0.1, 0.15) is 43.6 Å². The average Bonchev–Trinajstić information content (AvgIpc) is 2.98. The molecule has 0 unspecified atom stereocenters. The SMILES string of the molecule is COCCn1c([C@H](C)c2ccc(CC(C)C)cc2)nc2ccccc21. The van der Waals surface area contributed by atoms with Crippen molar-refractivity contribution in [1.29, 1.82) is 0 Å². The fraction of sp³-hybridized carbons (Fsp3) is 0.409. The summed E-state index contributed by atoms with van der Waals surface area (Å²) >= 11 is 0. The molecule has 0 aliphatic heterocycles. The van der Waals surface area contributed by atoms with Crippen molar-refractivity contribution in [3.8, 4) is 0 Å². The number of para-hydroxylation sites is 2. The van der Waals surface area contributed by atoms with Crippen LogP contribution in [-0.2, 0) is 17.7 Å². The quantitative estimate of drug-likeness (QED) is 0.605. The van der Waals surface area contributed by atoms with Crippen molar-refractivity contribution in [3.63, 3.8) is 0 Å². The number of fused-ring (bicyclic) bond motifs is 1. The molecule has 3 heteroatoms. The lowest BCUT2D eigenvalue weighted by atomic mass is 9.96. The molecule has 3 rings (SSSR count). The summed E-state index contributed by atoms with van der Waals surface area (Å²) in [5.74, 6) is 2.04. The Kier molecular flexibility index (Phi) is 5.54. The predicted molar refractivity (Wildman–Crippen MR) is 104 cm³/mol. The molecule has 3 nitrogen and oxygen atoms in total. The van der Waals surface area contributed by atoms with Crippen LogP contribution in [0.2, 0.25) is 0 Å². The lowest BCUT2D eigenvalue weighted by Gasteiger charge is -2.16. The molecule has 1 heterocycles. The van der Waals surface area contributed by atoms with Gasteiger partial charge in [0.1, 0.15) is 5.82 Å². The zero-order valence-electron chi connectivity index (χ0n) is 15.7. The van der Waals surface area contributed by atoms with Gasteiger partial charge in [0, 0.05) is 19.6 Å². The zero-order chi connectivity index (χ0) is 17.8. The summed E-state index contributed by atoms with van der Waals surface area (Å²) in [4.78, 5) is 4.92. The third kappa shape index (κ3) is 3.93. The van der Waals surface area contributed by atoms with Gasteiger partial charge in [-0.1, -0.05) is 57.2 Å². The molecule has 132 valence electrons. The van der Waals surface area contributed by atoms with E-state index >= 15 is 0 Å². The molecule has 0 fully saturated rings. The normalized spacial score (nSPS) is 12.8. The van der Waals surface area contributed by atoms with E-state index in [4.69, 9.17) is 9.72 Å². The molecule has 0 amide bonds. The number of hydrogen-bond donors (Lipinski definition) is 0. The van der Waals surface area contributed by atoms with Crippen LogP contribution in [0.5, 0.6) is 0 Å². The van der Waals surface area contributed by atoms with Gasteiger partial charge < -0.3 is 9.30 Å². The molecule has 1 atom stereocenters. The molecule has 0 N–H and O–H groups in total. The van der Waals surface area contributed by atoms with Crippen LogP contribution in [0.15, 0.2) is 48.5 Å². The Morgan fingerprint density at radius 2 is 1.72 bits per heavy atom. The average molecular weight is 336 g/mol. The van der Waals surface area contributed by atoms with E-state index in [1.807, 2.05) is 6.07 Å². The molecule has 2 aromatic carbocycles. The zero-order valence-corrected chi connectivity index (χ0v) is 15.7. The first kappa shape index (κ1) is 17.7. The van der Waals surface area contributed by atoms with Gasteiger partial charge in [0.25, 0.3) is 0 Å². The summed E-state index contributed by atoms with van der Waals surface area (Å²) in [6.07, 6.45) is 1.13. The van der Waals surface area contributed by atoms with Crippen molar-refractivity contribution in [2.45, 2.75) is 39.7 Å². The fourth-order valence-corrected chi connectivity index (χ4v) is 3.41. The van der Waals surface area contributed by atoms with Gasteiger partial charge in [-0.15, -0.1) is 0 Å². The van der Waals surface area contributed by atoms with Crippen molar-refractivity contribution in [1.82, 2.24) is 9.55 Å². The lowest BCUT2D eigenvalue weighted by molar-refractivity contribution is 0.187. The highest BCUT2D eigenvalue weighted by Crippen LogP contribution is 2.27. The van der Waals surface area contributed by atoms with Crippen LogP contribution in [0.3, 0.4) is 0 Å². The summed E-state index contributed by atoms with van der Waals surface area (Å²) < 4.78 is 7.61. The van der Waals surface area contributed by atoms with Crippen molar-refractivity contribution in [2.24, 2.45) is 5.92 Å². The standard InChI is InChI=1S/C22H28N2O/c1-16(2)15-18-9-11-19(12-10-18)17(3)22-23-20-7-5-6-8-21(20)24(22)13-14-25-4/h5-12,16-17H,13-15H2,1-4H3/t17-/m1/s1. The Morgan fingerprint density at radius 1 is 1.00 bits per heavy atom. The summed E-state index contributed by atoms with van der Waals surface area (Å²) in [5.41, 5.74) is 4.94. The van der Waals surface area contributed by atoms with E-state index in [9.17, 15) is 0 Å². The second-order valence-electron chi connectivity index (χ2n) is 7.16. The van der Waals surface area contributed by atoms with E-state index in [2.05, 4.69) is 67.8 Å². The van der Waals surface area contributed by atoms with Gasteiger partial charge in [-0.2, -0.15) is 0 Å². The molecular weight excluding hydrogens is 308 g/mol. The first-order chi connectivity index (χ1) is 12.1.